The third kappa shape index (κ3) is 2.71. The van der Waals surface area contributed by atoms with Crippen molar-refractivity contribution in [2.45, 2.75) is 42.8 Å². The largest absolute Gasteiger partial charge is 0.343 e. The van der Waals surface area contributed by atoms with Crippen molar-refractivity contribution in [2.75, 3.05) is 6.54 Å². The van der Waals surface area contributed by atoms with E-state index in [2.05, 4.69) is 0 Å². The van der Waals surface area contributed by atoms with Crippen molar-refractivity contribution in [2.24, 2.45) is 0 Å². The minimum absolute atomic E-state index is 0.0170. The van der Waals surface area contributed by atoms with Crippen molar-refractivity contribution in [3.63, 3.8) is 0 Å². The molecule has 0 unspecified atom stereocenters. The fraction of sp³-hybridized carbons (Fsp3) is 0.500. The molecule has 24 heavy (non-hydrogen) atoms. The minimum atomic E-state index is -4.00. The topological polar surface area (TPSA) is 116 Å². The van der Waals surface area contributed by atoms with Gasteiger partial charge in [-0.05, 0) is 26.0 Å². The summed E-state index contributed by atoms with van der Waals surface area (Å²) in [4.78, 5) is 21.4. The first-order valence-corrected chi connectivity index (χ1v) is 8.67. The summed E-state index contributed by atoms with van der Waals surface area (Å²) < 4.78 is 37.8. The van der Waals surface area contributed by atoms with Crippen LogP contribution in [0.15, 0.2) is 29.2 Å². The number of nitro benzene ring substituents is 1. The van der Waals surface area contributed by atoms with Crippen molar-refractivity contribution in [1.29, 1.82) is 0 Å². The zero-order chi connectivity index (χ0) is 17.7. The Kier molecular flexibility index (Phi) is 3.95. The van der Waals surface area contributed by atoms with Crippen LogP contribution in [0.25, 0.3) is 0 Å². The predicted molar refractivity (Wildman–Crippen MR) is 80.7 cm³/mol. The standard InChI is InChI=1S/C14H16N2O7S/c1-14(2)22-12-7-15(11(8-17)13(12)23-14)24(20,21)10-5-3-9(4-6-10)16(18)19/h3-6,8,11-13H,7H2,1-2H3/t11-,12+,13-/m0/s1. The number of hydrogen-bond acceptors (Lipinski definition) is 7. The zero-order valence-corrected chi connectivity index (χ0v) is 13.8. The molecule has 1 aromatic carbocycles. The Labute approximate surface area is 138 Å². The van der Waals surface area contributed by atoms with E-state index in [1.807, 2.05) is 0 Å². The van der Waals surface area contributed by atoms with Gasteiger partial charge in [-0.3, -0.25) is 10.1 Å². The number of nitrogens with zero attached hydrogens (tertiary/aromatic N) is 2. The van der Waals surface area contributed by atoms with E-state index in [4.69, 9.17) is 9.47 Å². The Hall–Kier alpha value is -1.88. The maximum atomic E-state index is 12.8. The lowest BCUT2D eigenvalue weighted by Gasteiger charge is -2.26. The normalized spacial score (nSPS) is 29.3. The van der Waals surface area contributed by atoms with E-state index in [1.165, 1.54) is 0 Å². The van der Waals surface area contributed by atoms with Gasteiger partial charge in [0.1, 0.15) is 24.5 Å². The SMILES string of the molecule is CC1(C)O[C@@H]2[C@@H](CN(S(=O)(=O)c3ccc([N+](=O)[O-])cc3)[C@H]2C=O)O1. The van der Waals surface area contributed by atoms with Crippen LogP contribution in [-0.2, 0) is 24.3 Å². The first-order valence-electron chi connectivity index (χ1n) is 7.23. The van der Waals surface area contributed by atoms with E-state index >= 15 is 0 Å². The van der Waals surface area contributed by atoms with E-state index < -0.39 is 39.0 Å². The molecule has 9 nitrogen and oxygen atoms in total. The number of hydrogen-bond donors (Lipinski definition) is 0. The van der Waals surface area contributed by atoms with Gasteiger partial charge in [-0.15, -0.1) is 0 Å². The number of fused-ring (bicyclic) bond motifs is 1. The van der Waals surface area contributed by atoms with Gasteiger partial charge in [0.05, 0.1) is 9.82 Å². The second-order valence-electron chi connectivity index (χ2n) is 6.09. The number of non-ortho nitro benzene ring substituents is 1. The third-order valence-electron chi connectivity index (χ3n) is 4.04. The van der Waals surface area contributed by atoms with Crippen LogP contribution in [0, 0.1) is 10.1 Å². The smallest absolute Gasteiger partial charge is 0.269 e. The first kappa shape index (κ1) is 17.0. The lowest BCUT2D eigenvalue weighted by molar-refractivity contribution is -0.384. The molecular formula is C14H16N2O7S. The first-order chi connectivity index (χ1) is 11.2. The van der Waals surface area contributed by atoms with Crippen molar-refractivity contribution >= 4 is 22.0 Å². The van der Waals surface area contributed by atoms with Gasteiger partial charge >= 0.3 is 0 Å². The number of sulfonamides is 1. The molecule has 1 aromatic rings. The fourth-order valence-corrected chi connectivity index (χ4v) is 4.62. The van der Waals surface area contributed by atoms with E-state index in [-0.39, 0.29) is 17.1 Å². The third-order valence-corrected chi connectivity index (χ3v) is 5.92. The van der Waals surface area contributed by atoms with E-state index in [0.29, 0.717) is 6.29 Å². The molecule has 2 fully saturated rings. The number of carbonyl (C=O) groups is 1. The van der Waals surface area contributed by atoms with Crippen LogP contribution in [0.1, 0.15) is 13.8 Å². The summed E-state index contributed by atoms with van der Waals surface area (Å²) >= 11 is 0. The van der Waals surface area contributed by atoms with Crippen LogP contribution >= 0.6 is 0 Å². The average molecular weight is 356 g/mol. The zero-order valence-electron chi connectivity index (χ0n) is 13.0. The van der Waals surface area contributed by atoms with Crippen LogP contribution in [-0.4, -0.2) is 54.5 Å². The molecule has 2 aliphatic heterocycles. The lowest BCUT2D eigenvalue weighted by Crippen LogP contribution is -2.42. The molecule has 3 rings (SSSR count). The van der Waals surface area contributed by atoms with Crippen LogP contribution in [0.5, 0.6) is 0 Å². The Morgan fingerprint density at radius 1 is 1.29 bits per heavy atom. The number of nitro groups is 1. The Balaban J connectivity index is 1.90. The van der Waals surface area contributed by atoms with E-state index in [1.54, 1.807) is 13.8 Å². The molecule has 0 amide bonds. The molecule has 0 aromatic heterocycles. The van der Waals surface area contributed by atoms with Gasteiger partial charge in [0, 0.05) is 18.7 Å². The predicted octanol–water partition coefficient (Wildman–Crippen LogP) is 0.687. The molecule has 10 heteroatoms. The van der Waals surface area contributed by atoms with Crippen LogP contribution < -0.4 is 0 Å². The highest BCUT2D eigenvalue weighted by Crippen LogP contribution is 2.38. The van der Waals surface area contributed by atoms with Crippen LogP contribution in [0.3, 0.4) is 0 Å². The highest BCUT2D eigenvalue weighted by molar-refractivity contribution is 7.89. The fourth-order valence-electron chi connectivity index (χ4n) is 3.04. The van der Waals surface area contributed by atoms with Crippen molar-refractivity contribution < 1.29 is 27.6 Å². The molecule has 0 bridgehead atoms. The van der Waals surface area contributed by atoms with Crippen molar-refractivity contribution in [1.82, 2.24) is 4.31 Å². The summed E-state index contributed by atoms with van der Waals surface area (Å²) in [5, 5.41) is 10.7. The van der Waals surface area contributed by atoms with Crippen LogP contribution in [0.4, 0.5) is 5.69 Å². The van der Waals surface area contributed by atoms with Crippen molar-refractivity contribution in [3.8, 4) is 0 Å². The molecule has 3 atom stereocenters. The summed E-state index contributed by atoms with van der Waals surface area (Å²) in [6, 6.07) is 3.51. The summed E-state index contributed by atoms with van der Waals surface area (Å²) in [5.41, 5.74) is -0.215. The van der Waals surface area contributed by atoms with Gasteiger partial charge in [-0.2, -0.15) is 4.31 Å². The van der Waals surface area contributed by atoms with Gasteiger partial charge in [-0.25, -0.2) is 8.42 Å². The maximum Gasteiger partial charge on any atom is 0.269 e. The van der Waals surface area contributed by atoms with Gasteiger partial charge in [0.25, 0.3) is 5.69 Å². The van der Waals surface area contributed by atoms with Gasteiger partial charge in [0.15, 0.2) is 5.79 Å². The quantitative estimate of drug-likeness (QED) is 0.442. The Bertz CT molecular complexity index is 775. The number of carbonyl (C=O) groups excluding carboxylic acids is 1. The molecule has 2 saturated heterocycles. The van der Waals surface area contributed by atoms with Crippen LogP contribution in [0.2, 0.25) is 0 Å². The van der Waals surface area contributed by atoms with E-state index in [0.717, 1.165) is 28.6 Å². The number of ether oxygens (including phenoxy) is 2. The maximum absolute atomic E-state index is 12.8. The number of aldehydes is 1. The monoisotopic (exact) mass is 356 g/mol. The molecule has 130 valence electrons. The van der Waals surface area contributed by atoms with Gasteiger partial charge in [-0.1, -0.05) is 0 Å². The summed E-state index contributed by atoms with van der Waals surface area (Å²) in [5.74, 6) is -0.875. The highest BCUT2D eigenvalue weighted by Gasteiger charge is 2.55. The van der Waals surface area contributed by atoms with Gasteiger partial charge < -0.3 is 14.3 Å². The average Bonchev–Trinajstić information content (AvgIpc) is 2.99. The second kappa shape index (κ2) is 5.59. The molecule has 0 radical (unpaired) electrons. The number of benzene rings is 1. The Morgan fingerprint density at radius 2 is 1.92 bits per heavy atom. The molecule has 0 aliphatic carbocycles. The molecule has 0 N–H and O–H groups in total. The molecule has 0 spiro atoms. The highest BCUT2D eigenvalue weighted by atomic mass is 32.2. The van der Waals surface area contributed by atoms with Crippen molar-refractivity contribution in [3.05, 3.63) is 34.4 Å². The summed E-state index contributed by atoms with van der Waals surface area (Å²) in [6.45, 7) is 3.38. The number of rotatable bonds is 4. The molecule has 0 saturated carbocycles. The van der Waals surface area contributed by atoms with E-state index in [9.17, 15) is 23.3 Å². The molecule has 2 heterocycles. The van der Waals surface area contributed by atoms with Gasteiger partial charge in [0.2, 0.25) is 10.0 Å². The Morgan fingerprint density at radius 3 is 2.46 bits per heavy atom. The second-order valence-corrected chi connectivity index (χ2v) is 7.98. The molecule has 2 aliphatic rings. The summed E-state index contributed by atoms with van der Waals surface area (Å²) in [7, 11) is -4.00. The lowest BCUT2D eigenvalue weighted by atomic mass is 10.2. The minimum Gasteiger partial charge on any atom is -0.343 e. The molecular weight excluding hydrogens is 340 g/mol. The summed E-state index contributed by atoms with van der Waals surface area (Å²) in [6.07, 6.45) is -0.688.